The number of hydrogen-bond donors (Lipinski definition) is 0. The van der Waals surface area contributed by atoms with Crippen LogP contribution < -0.4 is 5.73 Å². The molecule has 0 aliphatic heterocycles. The van der Waals surface area contributed by atoms with Crippen molar-refractivity contribution >= 4 is 5.97 Å². The first-order chi connectivity index (χ1) is 4.83. The highest BCUT2D eigenvalue weighted by Crippen LogP contribution is 2.20. The summed E-state index contributed by atoms with van der Waals surface area (Å²) in [5.74, 6) is -0.382. The summed E-state index contributed by atoms with van der Waals surface area (Å²) in [6, 6.07) is 0. The molecule has 0 amide bonds. The molecular formula is C7H12NO2. The SMILES string of the molecule is [NH]CC(=O)OC1CCCC1. The van der Waals surface area contributed by atoms with Crippen LogP contribution in [0.15, 0.2) is 0 Å². The van der Waals surface area contributed by atoms with Crippen molar-refractivity contribution in [2.75, 3.05) is 6.54 Å². The minimum atomic E-state index is -0.382. The lowest BCUT2D eigenvalue weighted by Gasteiger charge is -2.08. The average Bonchev–Trinajstić information content (AvgIpc) is 2.40. The van der Waals surface area contributed by atoms with Crippen LogP contribution in [-0.4, -0.2) is 18.6 Å². The van der Waals surface area contributed by atoms with Gasteiger partial charge in [0, 0.05) is 0 Å². The summed E-state index contributed by atoms with van der Waals surface area (Å²) in [6.07, 6.45) is 4.43. The Morgan fingerprint density at radius 1 is 1.50 bits per heavy atom. The zero-order valence-corrected chi connectivity index (χ0v) is 5.93. The molecule has 1 radical (unpaired) electrons. The van der Waals surface area contributed by atoms with Crippen LogP contribution in [-0.2, 0) is 9.53 Å². The molecular weight excluding hydrogens is 130 g/mol. The second-order valence-electron chi connectivity index (χ2n) is 2.57. The third kappa shape index (κ3) is 1.99. The van der Waals surface area contributed by atoms with E-state index in [1.54, 1.807) is 0 Å². The minimum absolute atomic E-state index is 0.123. The normalized spacial score (nSPS) is 19.3. The number of ether oxygens (including phenoxy) is 1. The van der Waals surface area contributed by atoms with Crippen LogP contribution in [0.5, 0.6) is 0 Å². The predicted octanol–water partition coefficient (Wildman–Crippen LogP) is 0.755. The second-order valence-corrected chi connectivity index (χ2v) is 2.57. The molecule has 0 aromatic carbocycles. The van der Waals surface area contributed by atoms with E-state index in [1.165, 1.54) is 0 Å². The van der Waals surface area contributed by atoms with Gasteiger partial charge in [-0.25, -0.2) is 5.73 Å². The number of nitrogens with one attached hydrogen (secondary N) is 1. The van der Waals surface area contributed by atoms with Crippen molar-refractivity contribution in [1.29, 1.82) is 0 Å². The largest absolute Gasteiger partial charge is 0.461 e. The summed E-state index contributed by atoms with van der Waals surface area (Å²) in [7, 11) is 0. The number of rotatable bonds is 2. The Morgan fingerprint density at radius 2 is 2.10 bits per heavy atom. The molecule has 1 aliphatic rings. The van der Waals surface area contributed by atoms with Gasteiger partial charge in [-0.1, -0.05) is 0 Å². The number of carbonyl (C=O) groups excluding carboxylic acids is 1. The maximum atomic E-state index is 10.6. The number of esters is 1. The maximum Gasteiger partial charge on any atom is 0.321 e. The van der Waals surface area contributed by atoms with Gasteiger partial charge >= 0.3 is 5.97 Å². The molecule has 1 fully saturated rings. The van der Waals surface area contributed by atoms with Crippen LogP contribution in [0.2, 0.25) is 0 Å². The average molecular weight is 142 g/mol. The molecule has 1 N–H and O–H groups in total. The summed E-state index contributed by atoms with van der Waals surface area (Å²) in [5, 5.41) is 0. The van der Waals surface area contributed by atoms with Gasteiger partial charge in [0.2, 0.25) is 0 Å². The topological polar surface area (TPSA) is 50.1 Å². The van der Waals surface area contributed by atoms with E-state index in [4.69, 9.17) is 10.5 Å². The van der Waals surface area contributed by atoms with Gasteiger partial charge in [-0.2, -0.15) is 0 Å². The van der Waals surface area contributed by atoms with E-state index in [0.29, 0.717) is 0 Å². The van der Waals surface area contributed by atoms with Gasteiger partial charge in [0.05, 0.1) is 0 Å². The van der Waals surface area contributed by atoms with Gasteiger partial charge in [0.1, 0.15) is 12.6 Å². The molecule has 10 heavy (non-hydrogen) atoms. The molecule has 3 nitrogen and oxygen atoms in total. The van der Waals surface area contributed by atoms with Gasteiger partial charge in [-0.15, -0.1) is 0 Å². The highest BCUT2D eigenvalue weighted by molar-refractivity contribution is 5.71. The van der Waals surface area contributed by atoms with Crippen molar-refractivity contribution in [2.45, 2.75) is 31.8 Å². The molecule has 0 saturated heterocycles. The Kier molecular flexibility index (Phi) is 2.68. The molecule has 0 bridgehead atoms. The summed E-state index contributed by atoms with van der Waals surface area (Å²) in [6.45, 7) is -0.240. The molecule has 0 aromatic rings. The lowest BCUT2D eigenvalue weighted by Crippen LogP contribution is -2.17. The van der Waals surface area contributed by atoms with Gasteiger partial charge < -0.3 is 4.74 Å². The lowest BCUT2D eigenvalue weighted by molar-refractivity contribution is -0.147. The molecule has 3 heteroatoms. The fourth-order valence-electron chi connectivity index (χ4n) is 1.23. The first-order valence-electron chi connectivity index (χ1n) is 3.67. The third-order valence-electron chi connectivity index (χ3n) is 1.74. The molecule has 0 heterocycles. The number of carbonyl (C=O) groups is 1. The van der Waals surface area contributed by atoms with Gasteiger partial charge in [0.15, 0.2) is 0 Å². The fraction of sp³-hybridized carbons (Fsp3) is 0.857. The maximum absolute atomic E-state index is 10.6. The summed E-state index contributed by atoms with van der Waals surface area (Å²) in [5.41, 5.74) is 6.70. The molecule has 57 valence electrons. The Labute approximate surface area is 60.5 Å². The smallest absolute Gasteiger partial charge is 0.321 e. The zero-order chi connectivity index (χ0) is 7.40. The van der Waals surface area contributed by atoms with Crippen molar-refractivity contribution in [1.82, 2.24) is 5.73 Å². The van der Waals surface area contributed by atoms with Crippen LogP contribution in [0, 0.1) is 0 Å². The van der Waals surface area contributed by atoms with E-state index in [9.17, 15) is 4.79 Å². The van der Waals surface area contributed by atoms with Gasteiger partial charge in [0.25, 0.3) is 0 Å². The van der Waals surface area contributed by atoms with Crippen LogP contribution in [0.1, 0.15) is 25.7 Å². The van der Waals surface area contributed by atoms with Crippen molar-refractivity contribution in [3.63, 3.8) is 0 Å². The van der Waals surface area contributed by atoms with Crippen LogP contribution >= 0.6 is 0 Å². The highest BCUT2D eigenvalue weighted by Gasteiger charge is 2.17. The van der Waals surface area contributed by atoms with Crippen molar-refractivity contribution in [3.05, 3.63) is 0 Å². The van der Waals surface area contributed by atoms with E-state index in [1.807, 2.05) is 0 Å². The summed E-state index contributed by atoms with van der Waals surface area (Å²) >= 11 is 0. The monoisotopic (exact) mass is 142 g/mol. The Balaban J connectivity index is 2.17. The van der Waals surface area contributed by atoms with Crippen molar-refractivity contribution in [2.24, 2.45) is 0 Å². The molecule has 0 unspecified atom stereocenters. The first-order valence-corrected chi connectivity index (χ1v) is 3.67. The molecule has 0 aromatic heterocycles. The van der Waals surface area contributed by atoms with Crippen LogP contribution in [0.4, 0.5) is 0 Å². The molecule has 0 spiro atoms. The Bertz CT molecular complexity index is 119. The summed E-state index contributed by atoms with van der Waals surface area (Å²) in [4.78, 5) is 10.6. The zero-order valence-electron chi connectivity index (χ0n) is 5.93. The molecule has 0 atom stereocenters. The van der Waals surface area contributed by atoms with Crippen LogP contribution in [0.25, 0.3) is 0 Å². The molecule has 1 saturated carbocycles. The van der Waals surface area contributed by atoms with E-state index >= 15 is 0 Å². The van der Waals surface area contributed by atoms with Crippen molar-refractivity contribution < 1.29 is 9.53 Å². The molecule has 1 aliphatic carbocycles. The predicted molar refractivity (Wildman–Crippen MR) is 36.3 cm³/mol. The summed E-state index contributed by atoms with van der Waals surface area (Å²) < 4.78 is 4.93. The highest BCUT2D eigenvalue weighted by atomic mass is 16.5. The first kappa shape index (κ1) is 7.54. The molecule has 1 rings (SSSR count). The second kappa shape index (κ2) is 3.56. The fourth-order valence-corrected chi connectivity index (χ4v) is 1.23. The quantitative estimate of drug-likeness (QED) is 0.534. The van der Waals surface area contributed by atoms with E-state index in [2.05, 4.69) is 0 Å². The van der Waals surface area contributed by atoms with E-state index < -0.39 is 0 Å². The number of hydrogen-bond acceptors (Lipinski definition) is 2. The minimum Gasteiger partial charge on any atom is -0.461 e. The lowest BCUT2D eigenvalue weighted by atomic mass is 10.3. The third-order valence-corrected chi connectivity index (χ3v) is 1.74. The van der Waals surface area contributed by atoms with Gasteiger partial charge in [-0.3, -0.25) is 4.79 Å². The van der Waals surface area contributed by atoms with E-state index in [0.717, 1.165) is 25.7 Å². The van der Waals surface area contributed by atoms with Crippen LogP contribution in [0.3, 0.4) is 0 Å². The Hall–Kier alpha value is -0.570. The van der Waals surface area contributed by atoms with E-state index in [-0.39, 0.29) is 18.6 Å². The van der Waals surface area contributed by atoms with Crippen molar-refractivity contribution in [3.8, 4) is 0 Å². The standard InChI is InChI=1S/C7H12NO2/c8-5-7(9)10-6-3-1-2-4-6/h6,8H,1-5H2. The Morgan fingerprint density at radius 3 is 2.60 bits per heavy atom. The van der Waals surface area contributed by atoms with Gasteiger partial charge in [-0.05, 0) is 25.7 Å².